The van der Waals surface area contributed by atoms with Crippen LogP contribution in [-0.2, 0) is 0 Å². The molecule has 1 heterocycles. The highest BCUT2D eigenvalue weighted by Gasteiger charge is 2.19. The third-order valence-corrected chi connectivity index (χ3v) is 3.22. The summed E-state index contributed by atoms with van der Waals surface area (Å²) in [5, 5.41) is 25.4. The minimum absolute atomic E-state index is 0.0600. The first-order valence-corrected chi connectivity index (χ1v) is 6.73. The molecule has 1 rings (SSSR count). The molecule has 22 heavy (non-hydrogen) atoms. The van der Waals surface area contributed by atoms with Gasteiger partial charge in [-0.05, 0) is 19.4 Å². The van der Waals surface area contributed by atoms with Crippen LogP contribution in [0.4, 0.5) is 0 Å². The third-order valence-electron chi connectivity index (χ3n) is 3.22. The number of amides is 1. The summed E-state index contributed by atoms with van der Waals surface area (Å²) in [7, 11) is 0. The summed E-state index contributed by atoms with van der Waals surface area (Å²) in [4.78, 5) is 28.9. The lowest BCUT2D eigenvalue weighted by Crippen LogP contribution is -2.30. The molecule has 0 aliphatic heterocycles. The highest BCUT2D eigenvalue weighted by molar-refractivity contribution is 6.01. The van der Waals surface area contributed by atoms with Crippen molar-refractivity contribution in [2.45, 2.75) is 33.2 Å². The molecule has 1 unspecified atom stereocenters. The third kappa shape index (κ3) is 4.40. The van der Waals surface area contributed by atoms with Gasteiger partial charge in [0.05, 0.1) is 18.6 Å². The molecular formula is C13H19N5O4. The van der Waals surface area contributed by atoms with E-state index < -0.39 is 16.9 Å². The van der Waals surface area contributed by atoms with Crippen molar-refractivity contribution in [1.82, 2.24) is 15.3 Å². The average Bonchev–Trinajstić information content (AvgIpc) is 2.92. The Hall–Kier alpha value is -2.71. The predicted molar refractivity (Wildman–Crippen MR) is 79.7 cm³/mol. The molecule has 3 N–H and O–H groups in total. The molecule has 0 fully saturated rings. The maximum absolute atomic E-state index is 11.9. The maximum Gasteiger partial charge on any atom is 0.272 e. The van der Waals surface area contributed by atoms with E-state index in [2.05, 4.69) is 20.4 Å². The molecule has 9 nitrogen and oxygen atoms in total. The van der Waals surface area contributed by atoms with Crippen LogP contribution in [0, 0.1) is 17.0 Å². The van der Waals surface area contributed by atoms with Gasteiger partial charge in [-0.15, -0.1) is 0 Å². The van der Waals surface area contributed by atoms with Crippen molar-refractivity contribution in [3.05, 3.63) is 39.5 Å². The summed E-state index contributed by atoms with van der Waals surface area (Å²) in [5.74, 6) is -0.423. The van der Waals surface area contributed by atoms with Gasteiger partial charge in [0.25, 0.3) is 5.91 Å². The van der Waals surface area contributed by atoms with Gasteiger partial charge in [-0.1, -0.05) is 12.1 Å². The topological polar surface area (TPSA) is 134 Å². The summed E-state index contributed by atoms with van der Waals surface area (Å²) in [5.41, 5.74) is 1.50. The smallest absolute Gasteiger partial charge is 0.272 e. The largest absolute Gasteiger partial charge is 0.411 e. The summed E-state index contributed by atoms with van der Waals surface area (Å²) in [6.45, 7) is 4.87. The van der Waals surface area contributed by atoms with Gasteiger partial charge in [0.1, 0.15) is 5.69 Å². The summed E-state index contributed by atoms with van der Waals surface area (Å²) in [6.07, 6.45) is 3.26. The Bertz CT molecular complexity index is 605. The zero-order chi connectivity index (χ0) is 16.7. The molecular weight excluding hydrogens is 290 g/mol. The second kappa shape index (κ2) is 7.91. The number of hydrogen-bond acceptors (Lipinski definition) is 6. The Kier molecular flexibility index (Phi) is 6.24. The first-order valence-electron chi connectivity index (χ1n) is 6.73. The molecule has 1 atom stereocenters. The molecule has 1 aromatic rings. The van der Waals surface area contributed by atoms with Crippen LogP contribution in [0.5, 0.6) is 0 Å². The van der Waals surface area contributed by atoms with Gasteiger partial charge in [-0.25, -0.2) is 4.98 Å². The van der Waals surface area contributed by atoms with Gasteiger partial charge < -0.3 is 15.5 Å². The molecule has 0 radical (unpaired) electrons. The van der Waals surface area contributed by atoms with Gasteiger partial charge in [-0.2, -0.15) is 0 Å². The molecule has 1 aromatic heterocycles. The Labute approximate surface area is 127 Å². The number of hydrogen-bond donors (Lipinski definition) is 3. The number of carbonyl (C=O) groups is 1. The normalized spacial score (nSPS) is 13.8. The molecule has 9 heteroatoms. The Balaban J connectivity index is 2.75. The van der Waals surface area contributed by atoms with Gasteiger partial charge in [0, 0.05) is 23.1 Å². The number of carbonyl (C=O) groups excluding carboxylic acids is 1. The van der Waals surface area contributed by atoms with E-state index in [0.29, 0.717) is 17.7 Å². The van der Waals surface area contributed by atoms with Crippen molar-refractivity contribution >= 4 is 11.6 Å². The number of rotatable bonds is 7. The van der Waals surface area contributed by atoms with E-state index >= 15 is 0 Å². The van der Waals surface area contributed by atoms with Crippen molar-refractivity contribution in [2.75, 3.05) is 6.54 Å². The molecule has 0 bridgehead atoms. The Morgan fingerprint density at radius 1 is 1.68 bits per heavy atom. The van der Waals surface area contributed by atoms with Crippen LogP contribution in [0.1, 0.15) is 36.5 Å². The number of imidazole rings is 1. The van der Waals surface area contributed by atoms with Crippen molar-refractivity contribution in [3.8, 4) is 0 Å². The van der Waals surface area contributed by atoms with Gasteiger partial charge in [0.15, 0.2) is 0 Å². The van der Waals surface area contributed by atoms with Crippen LogP contribution < -0.4 is 5.32 Å². The van der Waals surface area contributed by atoms with Crippen LogP contribution in [0.15, 0.2) is 23.1 Å². The predicted octanol–water partition coefficient (Wildman–Crippen LogP) is 1.28. The Morgan fingerprint density at radius 3 is 2.82 bits per heavy atom. The minimum Gasteiger partial charge on any atom is -0.411 e. The highest BCUT2D eigenvalue weighted by Crippen LogP contribution is 2.10. The number of aromatic amines is 1. The second-order valence-corrected chi connectivity index (χ2v) is 4.68. The zero-order valence-electron chi connectivity index (χ0n) is 12.7. The number of nitro groups is 1. The van der Waals surface area contributed by atoms with E-state index in [1.807, 2.05) is 0 Å². The van der Waals surface area contributed by atoms with E-state index in [1.54, 1.807) is 13.8 Å². The number of aryl methyl sites for hydroxylation is 1. The molecule has 1 amide bonds. The van der Waals surface area contributed by atoms with Crippen molar-refractivity contribution in [3.63, 3.8) is 0 Å². The van der Waals surface area contributed by atoms with Crippen LogP contribution in [0.25, 0.3) is 0 Å². The maximum atomic E-state index is 11.9. The van der Waals surface area contributed by atoms with E-state index in [4.69, 9.17) is 5.21 Å². The highest BCUT2D eigenvalue weighted by atomic mass is 16.6. The monoisotopic (exact) mass is 309 g/mol. The number of oxime groups is 1. The molecule has 0 saturated heterocycles. The molecule has 0 aliphatic carbocycles. The van der Waals surface area contributed by atoms with Crippen molar-refractivity contribution < 1.29 is 14.9 Å². The first kappa shape index (κ1) is 17.3. The standard InChI is InChI=1S/C13H19N5O4/c1-4-10(9(3)18(21)22)5-11(17-20)6-14-13(19)12-8(2)15-7-16-12/h5,7,9,20H,4,6H2,1-3H3,(H,14,19)(H,15,16)/b10-5+,17-11+. The summed E-state index contributed by atoms with van der Waals surface area (Å²) < 4.78 is 0. The lowest BCUT2D eigenvalue weighted by atomic mass is 10.0. The van der Waals surface area contributed by atoms with Gasteiger partial charge in [0.2, 0.25) is 6.04 Å². The van der Waals surface area contributed by atoms with E-state index in [0.717, 1.165) is 0 Å². The fourth-order valence-corrected chi connectivity index (χ4v) is 1.83. The summed E-state index contributed by atoms with van der Waals surface area (Å²) >= 11 is 0. The van der Waals surface area contributed by atoms with Gasteiger partial charge >= 0.3 is 0 Å². The SMILES string of the molecule is CC/C(=C\C(CNC(=O)c1nc[nH]c1C)=N/O)C(C)[N+](=O)[O-]. The second-order valence-electron chi connectivity index (χ2n) is 4.68. The van der Waals surface area contributed by atoms with Crippen LogP contribution in [0.2, 0.25) is 0 Å². The fourth-order valence-electron chi connectivity index (χ4n) is 1.83. The van der Waals surface area contributed by atoms with Crippen molar-refractivity contribution in [2.24, 2.45) is 5.16 Å². The van der Waals surface area contributed by atoms with Crippen LogP contribution >= 0.6 is 0 Å². The number of aromatic nitrogens is 2. The molecule has 0 aliphatic rings. The molecule has 0 aromatic carbocycles. The van der Waals surface area contributed by atoms with Crippen molar-refractivity contribution in [1.29, 1.82) is 0 Å². The van der Waals surface area contributed by atoms with E-state index in [-0.39, 0.29) is 18.0 Å². The Morgan fingerprint density at radius 2 is 2.36 bits per heavy atom. The molecule has 0 spiro atoms. The number of H-pyrrole nitrogens is 1. The fraction of sp³-hybridized carbons (Fsp3) is 0.462. The molecule has 0 saturated carbocycles. The van der Waals surface area contributed by atoms with E-state index in [9.17, 15) is 14.9 Å². The quantitative estimate of drug-likeness (QED) is 0.302. The van der Waals surface area contributed by atoms with Crippen LogP contribution in [-0.4, -0.2) is 44.3 Å². The average molecular weight is 309 g/mol. The lowest BCUT2D eigenvalue weighted by Gasteiger charge is -2.08. The van der Waals surface area contributed by atoms with Crippen LogP contribution in [0.3, 0.4) is 0 Å². The zero-order valence-corrected chi connectivity index (χ0v) is 12.7. The number of nitrogens with zero attached hydrogens (tertiary/aromatic N) is 3. The summed E-state index contributed by atoms with van der Waals surface area (Å²) in [6, 6.07) is -0.883. The number of nitrogens with one attached hydrogen (secondary N) is 2. The first-order chi connectivity index (χ1) is 10.4. The minimum atomic E-state index is -0.883. The molecule has 120 valence electrons. The van der Waals surface area contributed by atoms with E-state index in [1.165, 1.54) is 19.3 Å². The lowest BCUT2D eigenvalue weighted by molar-refractivity contribution is -0.507. The van der Waals surface area contributed by atoms with Gasteiger partial charge in [-0.3, -0.25) is 14.9 Å².